The number of hydrogen-bond acceptors (Lipinski definition) is 3. The van der Waals surface area contributed by atoms with E-state index in [9.17, 15) is 8.42 Å². The lowest BCUT2D eigenvalue weighted by molar-refractivity contribution is 0.588. The van der Waals surface area contributed by atoms with Crippen LogP contribution < -0.4 is 14.9 Å². The van der Waals surface area contributed by atoms with Crippen molar-refractivity contribution in [2.45, 2.75) is 17.9 Å². The summed E-state index contributed by atoms with van der Waals surface area (Å²) in [7, 11) is -0.274. The molecule has 2 N–H and O–H groups in total. The summed E-state index contributed by atoms with van der Waals surface area (Å²) in [6.07, 6.45) is 0.993. The Hall–Kier alpha value is -1.65. The predicted octanol–water partition coefficient (Wildman–Crippen LogP) is 2.35. The molecule has 0 fully saturated rings. The molecule has 0 aromatic heterocycles. The molecule has 140 valence electrons. The second kappa shape index (κ2) is 8.83. The summed E-state index contributed by atoms with van der Waals surface area (Å²) in [5, 5.41) is 3.33. The first-order valence-corrected chi connectivity index (χ1v) is 9.62. The third-order valence-corrected chi connectivity index (χ3v) is 5.69. The summed E-state index contributed by atoms with van der Waals surface area (Å²) >= 11 is 0. The molecule has 2 aromatic carbocycles. The Morgan fingerprint density at radius 2 is 1.96 bits per heavy atom. The first-order chi connectivity index (χ1) is 12.0. The van der Waals surface area contributed by atoms with Crippen molar-refractivity contribution in [2.75, 3.05) is 25.5 Å². The van der Waals surface area contributed by atoms with E-state index in [0.717, 1.165) is 24.5 Å². The Bertz CT molecular complexity index is 900. The highest BCUT2D eigenvalue weighted by Gasteiger charge is 2.22. The second-order valence-electron chi connectivity index (χ2n) is 5.79. The first-order valence-electron chi connectivity index (χ1n) is 8.14. The van der Waals surface area contributed by atoms with Crippen molar-refractivity contribution in [3.8, 4) is 0 Å². The molecule has 26 heavy (non-hydrogen) atoms. The SMILES string of the molecule is CN=C(NCc1cccc(S(=O)(=O)NC)c1)N1CCc2ccccc21.I. The summed E-state index contributed by atoms with van der Waals surface area (Å²) in [6, 6.07) is 15.2. The zero-order valence-electron chi connectivity index (χ0n) is 14.8. The number of aliphatic imine (C=N–C) groups is 1. The molecule has 0 unspecified atom stereocenters. The van der Waals surface area contributed by atoms with E-state index in [4.69, 9.17) is 0 Å². The summed E-state index contributed by atoms with van der Waals surface area (Å²) in [5.41, 5.74) is 3.36. The average molecular weight is 486 g/mol. The van der Waals surface area contributed by atoms with E-state index in [2.05, 4.69) is 32.1 Å². The van der Waals surface area contributed by atoms with Gasteiger partial charge in [-0.25, -0.2) is 13.1 Å². The third-order valence-electron chi connectivity index (χ3n) is 4.28. The Morgan fingerprint density at radius 3 is 2.69 bits per heavy atom. The lowest BCUT2D eigenvalue weighted by atomic mass is 10.2. The number of fused-ring (bicyclic) bond motifs is 1. The number of benzene rings is 2. The highest BCUT2D eigenvalue weighted by molar-refractivity contribution is 14.0. The summed E-state index contributed by atoms with van der Waals surface area (Å²) in [4.78, 5) is 6.79. The molecule has 0 spiro atoms. The van der Waals surface area contributed by atoms with Crippen molar-refractivity contribution in [3.05, 3.63) is 59.7 Å². The number of hydrogen-bond donors (Lipinski definition) is 2. The Kier molecular flexibility index (Phi) is 7.01. The van der Waals surface area contributed by atoms with Crippen LogP contribution in [0.15, 0.2) is 58.4 Å². The molecular weight excluding hydrogens is 463 g/mol. The van der Waals surface area contributed by atoms with Gasteiger partial charge in [0.05, 0.1) is 4.90 Å². The molecule has 0 radical (unpaired) electrons. The molecule has 0 saturated heterocycles. The maximum Gasteiger partial charge on any atom is 0.240 e. The van der Waals surface area contributed by atoms with E-state index in [1.165, 1.54) is 18.3 Å². The number of nitrogens with zero attached hydrogens (tertiary/aromatic N) is 2. The van der Waals surface area contributed by atoms with Crippen molar-refractivity contribution in [3.63, 3.8) is 0 Å². The van der Waals surface area contributed by atoms with Crippen LogP contribution >= 0.6 is 24.0 Å². The largest absolute Gasteiger partial charge is 0.352 e. The van der Waals surface area contributed by atoms with Crippen LogP contribution in [0.2, 0.25) is 0 Å². The van der Waals surface area contributed by atoms with Crippen LogP contribution in [-0.4, -0.2) is 35.0 Å². The zero-order chi connectivity index (χ0) is 17.9. The Balaban J connectivity index is 0.00000243. The van der Waals surface area contributed by atoms with Gasteiger partial charge in [-0.1, -0.05) is 30.3 Å². The molecular formula is C18H23IN4O2S. The number of anilines is 1. The molecule has 0 bridgehead atoms. The zero-order valence-corrected chi connectivity index (χ0v) is 17.9. The van der Waals surface area contributed by atoms with Gasteiger partial charge in [0, 0.05) is 25.8 Å². The normalized spacial score (nSPS) is 13.9. The lowest BCUT2D eigenvalue weighted by Crippen LogP contribution is -2.40. The molecule has 1 heterocycles. The van der Waals surface area contributed by atoms with Gasteiger partial charge in [0.1, 0.15) is 0 Å². The van der Waals surface area contributed by atoms with Crippen LogP contribution in [0.3, 0.4) is 0 Å². The topological polar surface area (TPSA) is 73.8 Å². The third kappa shape index (κ3) is 4.36. The van der Waals surface area contributed by atoms with Crippen LogP contribution in [0.1, 0.15) is 11.1 Å². The average Bonchev–Trinajstić information content (AvgIpc) is 3.07. The molecule has 1 aliphatic rings. The lowest BCUT2D eigenvalue weighted by Gasteiger charge is -2.22. The molecule has 1 aliphatic heterocycles. The monoisotopic (exact) mass is 486 g/mol. The van der Waals surface area contributed by atoms with Crippen LogP contribution in [0, 0.1) is 0 Å². The standard InChI is InChI=1S/C18H22N4O2S.HI/c1-19-18(22-11-10-15-7-3-4-9-17(15)22)21-13-14-6-5-8-16(12-14)25(23,24)20-2;/h3-9,12,20H,10-11,13H2,1-2H3,(H,19,21);1H. The van der Waals surface area contributed by atoms with Gasteiger partial charge in [-0.2, -0.15) is 0 Å². The highest BCUT2D eigenvalue weighted by atomic mass is 127. The molecule has 0 saturated carbocycles. The minimum absolute atomic E-state index is 0. The maximum atomic E-state index is 11.9. The van der Waals surface area contributed by atoms with Crippen molar-refractivity contribution in [2.24, 2.45) is 4.99 Å². The number of sulfonamides is 1. The molecule has 0 aliphatic carbocycles. The van der Waals surface area contributed by atoms with E-state index in [1.807, 2.05) is 18.2 Å². The van der Waals surface area contributed by atoms with Crippen molar-refractivity contribution in [1.29, 1.82) is 0 Å². The van der Waals surface area contributed by atoms with E-state index in [-0.39, 0.29) is 28.9 Å². The van der Waals surface area contributed by atoms with Crippen LogP contribution in [0.4, 0.5) is 5.69 Å². The summed E-state index contributed by atoms with van der Waals surface area (Å²) in [6.45, 7) is 1.38. The number of halogens is 1. The minimum atomic E-state index is -3.44. The van der Waals surface area contributed by atoms with Crippen LogP contribution in [0.5, 0.6) is 0 Å². The van der Waals surface area contributed by atoms with Gasteiger partial charge in [0.2, 0.25) is 10.0 Å². The van der Waals surface area contributed by atoms with Crippen LogP contribution in [-0.2, 0) is 23.0 Å². The fourth-order valence-corrected chi connectivity index (χ4v) is 3.77. The van der Waals surface area contributed by atoms with Gasteiger partial charge in [-0.3, -0.25) is 4.99 Å². The highest BCUT2D eigenvalue weighted by Crippen LogP contribution is 2.27. The summed E-state index contributed by atoms with van der Waals surface area (Å²) in [5.74, 6) is 0.784. The number of nitrogens with one attached hydrogen (secondary N) is 2. The number of para-hydroxylation sites is 1. The summed E-state index contributed by atoms with van der Waals surface area (Å²) < 4.78 is 26.2. The fourth-order valence-electron chi connectivity index (χ4n) is 2.98. The number of guanidine groups is 1. The van der Waals surface area contributed by atoms with Gasteiger partial charge < -0.3 is 10.2 Å². The molecule has 2 aromatic rings. The smallest absolute Gasteiger partial charge is 0.240 e. The van der Waals surface area contributed by atoms with Gasteiger partial charge in [0.25, 0.3) is 0 Å². The van der Waals surface area contributed by atoms with Crippen molar-refractivity contribution >= 4 is 45.6 Å². The second-order valence-corrected chi connectivity index (χ2v) is 7.67. The van der Waals surface area contributed by atoms with Gasteiger partial charge in [-0.15, -0.1) is 24.0 Å². The van der Waals surface area contributed by atoms with E-state index in [0.29, 0.717) is 6.54 Å². The Labute approximate surface area is 171 Å². The fraction of sp³-hybridized carbons (Fsp3) is 0.278. The quantitative estimate of drug-likeness (QED) is 0.396. The predicted molar refractivity (Wildman–Crippen MR) is 116 cm³/mol. The molecule has 6 nitrogen and oxygen atoms in total. The Morgan fingerprint density at radius 1 is 1.19 bits per heavy atom. The molecule has 0 atom stereocenters. The van der Waals surface area contributed by atoms with Gasteiger partial charge in [-0.05, 0) is 42.8 Å². The maximum absolute atomic E-state index is 11.9. The molecule has 8 heteroatoms. The van der Waals surface area contributed by atoms with Gasteiger partial charge >= 0.3 is 0 Å². The van der Waals surface area contributed by atoms with Crippen molar-refractivity contribution < 1.29 is 8.42 Å². The van der Waals surface area contributed by atoms with E-state index >= 15 is 0 Å². The first kappa shape index (κ1) is 20.7. The van der Waals surface area contributed by atoms with Crippen molar-refractivity contribution in [1.82, 2.24) is 10.0 Å². The number of rotatable bonds is 4. The molecule has 0 amide bonds. The van der Waals surface area contributed by atoms with Gasteiger partial charge in [0.15, 0.2) is 5.96 Å². The van der Waals surface area contributed by atoms with E-state index in [1.54, 1.807) is 25.2 Å². The molecule has 3 rings (SSSR count). The van der Waals surface area contributed by atoms with Crippen LogP contribution in [0.25, 0.3) is 0 Å². The minimum Gasteiger partial charge on any atom is -0.352 e. The van der Waals surface area contributed by atoms with E-state index < -0.39 is 10.0 Å².